The lowest BCUT2D eigenvalue weighted by Crippen LogP contribution is -2.38. The molecule has 0 bridgehead atoms. The van der Waals surface area contributed by atoms with Crippen LogP contribution in [-0.2, 0) is 0 Å². The molecule has 1 aliphatic heterocycles. The van der Waals surface area contributed by atoms with Crippen LogP contribution in [0.25, 0.3) is 0 Å². The number of carboxylic acid groups (broad SMARTS) is 1. The number of carbonyl (C=O) groups is 2. The molecule has 2 rings (SSSR count). The minimum Gasteiger partial charge on any atom is -0.477 e. The molecule has 5 nitrogen and oxygen atoms in total. The molecule has 1 saturated heterocycles. The Kier molecular flexibility index (Phi) is 3.86. The molecular weight excluding hydrogens is 252 g/mol. The molecule has 2 amide bonds. The molecule has 0 unspecified atom stereocenters. The normalized spacial score (nSPS) is 15.5. The number of anilines is 1. The van der Waals surface area contributed by atoms with Gasteiger partial charge in [-0.1, -0.05) is 0 Å². The lowest BCUT2D eigenvalue weighted by molar-refractivity contribution is 0.0703. The number of nitrogens with one attached hydrogen (secondary N) is 1. The van der Waals surface area contributed by atoms with E-state index in [1.165, 1.54) is 0 Å². The Hall–Kier alpha value is -1.56. The van der Waals surface area contributed by atoms with Gasteiger partial charge in [-0.3, -0.25) is 0 Å². The lowest BCUT2D eigenvalue weighted by Gasteiger charge is -2.26. The Morgan fingerprint density at radius 1 is 1.33 bits per heavy atom. The third kappa shape index (κ3) is 2.64. The van der Waals surface area contributed by atoms with E-state index in [9.17, 15) is 9.59 Å². The Bertz CT molecular complexity index is 464. The molecule has 1 aliphatic rings. The van der Waals surface area contributed by atoms with Crippen molar-refractivity contribution in [2.24, 2.45) is 0 Å². The summed E-state index contributed by atoms with van der Waals surface area (Å²) in [7, 11) is 0. The van der Waals surface area contributed by atoms with Crippen molar-refractivity contribution < 1.29 is 14.7 Å². The molecule has 0 aromatic carbocycles. The third-order valence-corrected chi connectivity index (χ3v) is 4.13. The largest absolute Gasteiger partial charge is 0.477 e. The highest BCUT2D eigenvalue weighted by Crippen LogP contribution is 2.28. The van der Waals surface area contributed by atoms with E-state index < -0.39 is 5.97 Å². The summed E-state index contributed by atoms with van der Waals surface area (Å²) in [5, 5.41) is 13.5. The second-order valence-corrected chi connectivity index (χ2v) is 5.29. The van der Waals surface area contributed by atoms with Gasteiger partial charge in [-0.2, -0.15) is 0 Å². The monoisotopic (exact) mass is 268 g/mol. The van der Waals surface area contributed by atoms with Crippen molar-refractivity contribution in [1.29, 1.82) is 0 Å². The molecule has 0 aliphatic carbocycles. The van der Waals surface area contributed by atoms with E-state index in [1.807, 2.05) is 0 Å². The van der Waals surface area contributed by atoms with Gasteiger partial charge in [-0.15, -0.1) is 11.3 Å². The zero-order valence-corrected chi connectivity index (χ0v) is 11.0. The fraction of sp³-hybridized carbons (Fsp3) is 0.500. The van der Waals surface area contributed by atoms with Gasteiger partial charge in [0.1, 0.15) is 4.88 Å². The predicted octanol–water partition coefficient (Wildman–Crippen LogP) is 2.77. The van der Waals surface area contributed by atoms with Crippen LogP contribution in [0.5, 0.6) is 0 Å². The Morgan fingerprint density at radius 2 is 2.00 bits per heavy atom. The fourth-order valence-electron chi connectivity index (χ4n) is 2.04. The van der Waals surface area contributed by atoms with Crippen LogP contribution in [0.15, 0.2) is 5.38 Å². The highest BCUT2D eigenvalue weighted by atomic mass is 32.1. The average Bonchev–Trinajstić information content (AvgIpc) is 2.72. The smallest absolute Gasteiger partial charge is 0.348 e. The summed E-state index contributed by atoms with van der Waals surface area (Å²) in [6.07, 6.45) is 3.19. The van der Waals surface area contributed by atoms with Gasteiger partial charge in [0.2, 0.25) is 0 Å². The van der Waals surface area contributed by atoms with Crippen LogP contribution in [0.3, 0.4) is 0 Å². The van der Waals surface area contributed by atoms with Gasteiger partial charge in [0.05, 0.1) is 5.69 Å². The second-order valence-electron chi connectivity index (χ2n) is 4.41. The zero-order valence-electron chi connectivity index (χ0n) is 10.2. The molecule has 0 radical (unpaired) electrons. The molecule has 18 heavy (non-hydrogen) atoms. The minimum absolute atomic E-state index is 0.192. The summed E-state index contributed by atoms with van der Waals surface area (Å²) < 4.78 is 0. The Labute approximate surface area is 109 Å². The van der Waals surface area contributed by atoms with Crippen molar-refractivity contribution in [2.45, 2.75) is 26.2 Å². The van der Waals surface area contributed by atoms with Crippen LogP contribution in [0, 0.1) is 6.92 Å². The van der Waals surface area contributed by atoms with Crippen molar-refractivity contribution in [3.63, 3.8) is 0 Å². The number of hydrogen-bond donors (Lipinski definition) is 2. The summed E-state index contributed by atoms with van der Waals surface area (Å²) in [5.41, 5.74) is 1.23. The highest BCUT2D eigenvalue weighted by molar-refractivity contribution is 7.12. The van der Waals surface area contributed by atoms with E-state index in [1.54, 1.807) is 17.2 Å². The van der Waals surface area contributed by atoms with Crippen molar-refractivity contribution >= 4 is 29.0 Å². The number of aryl methyl sites for hydroxylation is 1. The van der Waals surface area contributed by atoms with Gasteiger partial charge >= 0.3 is 12.0 Å². The van der Waals surface area contributed by atoms with Crippen LogP contribution in [0.2, 0.25) is 0 Å². The van der Waals surface area contributed by atoms with E-state index in [-0.39, 0.29) is 10.9 Å². The molecule has 1 aromatic rings. The molecule has 6 heteroatoms. The number of rotatable bonds is 2. The maximum absolute atomic E-state index is 12.0. The maximum Gasteiger partial charge on any atom is 0.348 e. The van der Waals surface area contributed by atoms with E-state index in [4.69, 9.17) is 5.11 Å². The average molecular weight is 268 g/mol. The number of nitrogens with zero attached hydrogens (tertiary/aromatic N) is 1. The number of amides is 2. The first kappa shape index (κ1) is 12.9. The first-order valence-electron chi connectivity index (χ1n) is 5.97. The number of piperidine rings is 1. The van der Waals surface area contributed by atoms with Crippen molar-refractivity contribution in [3.8, 4) is 0 Å². The lowest BCUT2D eigenvalue weighted by atomic mass is 10.1. The minimum atomic E-state index is -0.998. The van der Waals surface area contributed by atoms with Crippen molar-refractivity contribution in [2.75, 3.05) is 18.4 Å². The maximum atomic E-state index is 12.0. The Balaban J connectivity index is 2.10. The number of aromatic carboxylic acids is 1. The van der Waals surface area contributed by atoms with Gasteiger partial charge in [0.25, 0.3) is 0 Å². The molecule has 1 fully saturated rings. The van der Waals surface area contributed by atoms with E-state index in [2.05, 4.69) is 5.32 Å². The summed E-state index contributed by atoms with van der Waals surface area (Å²) in [6, 6.07) is -0.196. The van der Waals surface area contributed by atoms with Gasteiger partial charge in [0.15, 0.2) is 0 Å². The number of thiophene rings is 1. The molecule has 98 valence electrons. The molecule has 0 spiro atoms. The standard InChI is InChI=1S/C12H16N2O3S/c1-8-7-18-10(11(15)16)9(8)13-12(17)14-5-3-2-4-6-14/h7H,2-6H2,1H3,(H,13,17)(H,15,16). The SMILES string of the molecule is Cc1csc(C(=O)O)c1NC(=O)N1CCCCC1. The number of likely N-dealkylation sites (tertiary alicyclic amines) is 1. The summed E-state index contributed by atoms with van der Waals surface area (Å²) in [6.45, 7) is 3.30. The van der Waals surface area contributed by atoms with Crippen LogP contribution in [-0.4, -0.2) is 35.1 Å². The molecule has 1 aromatic heterocycles. The summed E-state index contributed by atoms with van der Waals surface area (Å²) >= 11 is 1.14. The zero-order chi connectivity index (χ0) is 13.1. The van der Waals surface area contributed by atoms with Crippen LogP contribution in [0.4, 0.5) is 10.5 Å². The Morgan fingerprint density at radius 3 is 2.61 bits per heavy atom. The van der Waals surface area contributed by atoms with E-state index in [0.29, 0.717) is 5.69 Å². The second kappa shape index (κ2) is 5.39. The van der Waals surface area contributed by atoms with E-state index in [0.717, 1.165) is 49.3 Å². The number of hydrogen-bond acceptors (Lipinski definition) is 3. The summed E-state index contributed by atoms with van der Waals surface area (Å²) in [5.74, 6) is -0.998. The fourth-order valence-corrected chi connectivity index (χ4v) is 2.88. The number of carboxylic acids is 1. The number of urea groups is 1. The van der Waals surface area contributed by atoms with Gasteiger partial charge < -0.3 is 15.3 Å². The van der Waals surface area contributed by atoms with Gasteiger partial charge in [-0.25, -0.2) is 9.59 Å². The quantitative estimate of drug-likeness (QED) is 0.866. The van der Waals surface area contributed by atoms with Gasteiger partial charge in [0, 0.05) is 13.1 Å². The molecule has 0 saturated carbocycles. The van der Waals surface area contributed by atoms with Gasteiger partial charge in [-0.05, 0) is 37.1 Å². The highest BCUT2D eigenvalue weighted by Gasteiger charge is 2.21. The third-order valence-electron chi connectivity index (χ3n) is 3.04. The number of carbonyl (C=O) groups excluding carboxylic acids is 1. The van der Waals surface area contributed by atoms with Crippen LogP contribution >= 0.6 is 11.3 Å². The first-order chi connectivity index (χ1) is 8.59. The van der Waals surface area contributed by atoms with Crippen LogP contribution in [0.1, 0.15) is 34.5 Å². The molecular formula is C12H16N2O3S. The molecule has 2 heterocycles. The first-order valence-corrected chi connectivity index (χ1v) is 6.85. The van der Waals surface area contributed by atoms with E-state index >= 15 is 0 Å². The predicted molar refractivity (Wildman–Crippen MR) is 70.5 cm³/mol. The van der Waals surface area contributed by atoms with Crippen LogP contribution < -0.4 is 5.32 Å². The van der Waals surface area contributed by atoms with Crippen molar-refractivity contribution in [3.05, 3.63) is 15.8 Å². The molecule has 2 N–H and O–H groups in total. The topological polar surface area (TPSA) is 69.6 Å². The summed E-state index contributed by atoms with van der Waals surface area (Å²) in [4.78, 5) is 25.0. The molecule has 0 atom stereocenters. The van der Waals surface area contributed by atoms with Crippen molar-refractivity contribution in [1.82, 2.24) is 4.90 Å².